The van der Waals surface area contributed by atoms with Crippen molar-refractivity contribution < 1.29 is 9.47 Å². The quantitative estimate of drug-likeness (QED) is 0.766. The van der Waals surface area contributed by atoms with Crippen molar-refractivity contribution in [2.45, 2.75) is 32.2 Å². The van der Waals surface area contributed by atoms with Gasteiger partial charge >= 0.3 is 0 Å². The van der Waals surface area contributed by atoms with Gasteiger partial charge in [-0.25, -0.2) is 0 Å². The maximum atomic E-state index is 5.38. The first-order valence-corrected chi connectivity index (χ1v) is 6.25. The van der Waals surface area contributed by atoms with Crippen LogP contribution in [0.1, 0.15) is 26.2 Å². The maximum absolute atomic E-state index is 5.38. The molecule has 0 aromatic carbocycles. The van der Waals surface area contributed by atoms with Crippen LogP contribution in [0.15, 0.2) is 0 Å². The summed E-state index contributed by atoms with van der Waals surface area (Å²) in [5, 5.41) is 3.66. The van der Waals surface area contributed by atoms with Crippen LogP contribution in [0, 0.1) is 11.8 Å². The van der Waals surface area contributed by atoms with Crippen LogP contribution in [0.3, 0.4) is 0 Å². The molecule has 2 heterocycles. The largest absolute Gasteiger partial charge is 0.381 e. The smallest absolute Gasteiger partial charge is 0.0507 e. The molecule has 0 radical (unpaired) electrons. The minimum Gasteiger partial charge on any atom is -0.381 e. The van der Waals surface area contributed by atoms with E-state index in [1.165, 1.54) is 19.3 Å². The van der Waals surface area contributed by atoms with Crippen molar-refractivity contribution in [1.82, 2.24) is 5.32 Å². The summed E-state index contributed by atoms with van der Waals surface area (Å²) in [6.07, 6.45) is 3.66. The zero-order valence-corrected chi connectivity index (χ0v) is 9.71. The molecular weight excluding hydrogens is 190 g/mol. The number of hydrogen-bond donors (Lipinski definition) is 1. The van der Waals surface area contributed by atoms with Gasteiger partial charge in [-0.1, -0.05) is 0 Å². The molecule has 2 aliphatic heterocycles. The van der Waals surface area contributed by atoms with E-state index in [1.54, 1.807) is 0 Å². The van der Waals surface area contributed by atoms with Crippen LogP contribution in [0.4, 0.5) is 0 Å². The van der Waals surface area contributed by atoms with E-state index >= 15 is 0 Å². The molecule has 2 atom stereocenters. The van der Waals surface area contributed by atoms with Gasteiger partial charge in [-0.2, -0.15) is 0 Å². The van der Waals surface area contributed by atoms with Crippen LogP contribution in [0.25, 0.3) is 0 Å². The first-order chi connectivity index (χ1) is 7.36. The Hall–Kier alpha value is -0.120. The zero-order chi connectivity index (χ0) is 10.5. The minimum atomic E-state index is 0.634. The predicted octanol–water partition coefficient (Wildman–Crippen LogP) is 1.43. The van der Waals surface area contributed by atoms with Crippen LogP contribution in [-0.4, -0.2) is 39.0 Å². The van der Waals surface area contributed by atoms with Crippen LogP contribution >= 0.6 is 0 Å². The van der Waals surface area contributed by atoms with Crippen molar-refractivity contribution in [3.8, 4) is 0 Å². The molecule has 2 rings (SSSR count). The van der Waals surface area contributed by atoms with Crippen molar-refractivity contribution in [3.05, 3.63) is 0 Å². The van der Waals surface area contributed by atoms with Crippen LogP contribution in [0.5, 0.6) is 0 Å². The van der Waals surface area contributed by atoms with Gasteiger partial charge in [0, 0.05) is 32.4 Å². The van der Waals surface area contributed by atoms with Crippen molar-refractivity contribution in [2.75, 3.05) is 33.0 Å². The third-order valence-electron chi connectivity index (χ3n) is 3.73. The highest BCUT2D eigenvalue weighted by molar-refractivity contribution is 4.77. The molecule has 15 heavy (non-hydrogen) atoms. The Kier molecular flexibility index (Phi) is 4.42. The van der Waals surface area contributed by atoms with Gasteiger partial charge in [-0.15, -0.1) is 0 Å². The Morgan fingerprint density at radius 1 is 1.13 bits per heavy atom. The highest BCUT2D eigenvalue weighted by Crippen LogP contribution is 2.19. The molecule has 2 saturated heterocycles. The average Bonchev–Trinajstić information content (AvgIpc) is 2.80. The molecule has 0 aromatic heterocycles. The summed E-state index contributed by atoms with van der Waals surface area (Å²) >= 11 is 0. The lowest BCUT2D eigenvalue weighted by molar-refractivity contribution is 0.0553. The van der Waals surface area contributed by atoms with Gasteiger partial charge < -0.3 is 14.8 Å². The summed E-state index contributed by atoms with van der Waals surface area (Å²) in [6.45, 7) is 7.24. The number of hydrogen-bond acceptors (Lipinski definition) is 3. The van der Waals surface area contributed by atoms with E-state index in [1.807, 2.05) is 0 Å². The molecule has 88 valence electrons. The van der Waals surface area contributed by atoms with Gasteiger partial charge in [0.05, 0.1) is 6.61 Å². The molecule has 3 heteroatoms. The van der Waals surface area contributed by atoms with Crippen molar-refractivity contribution in [3.63, 3.8) is 0 Å². The van der Waals surface area contributed by atoms with Gasteiger partial charge in [0.1, 0.15) is 0 Å². The third-order valence-corrected chi connectivity index (χ3v) is 3.73. The van der Waals surface area contributed by atoms with Crippen molar-refractivity contribution >= 4 is 0 Å². The normalized spacial score (nSPS) is 30.6. The summed E-state index contributed by atoms with van der Waals surface area (Å²) < 4.78 is 10.8. The second kappa shape index (κ2) is 5.83. The molecule has 3 nitrogen and oxygen atoms in total. The molecule has 1 N–H and O–H groups in total. The van der Waals surface area contributed by atoms with Gasteiger partial charge in [-0.05, 0) is 38.0 Å². The lowest BCUT2D eigenvalue weighted by atomic mass is 9.92. The summed E-state index contributed by atoms with van der Waals surface area (Å²) in [5.74, 6) is 1.55. The predicted molar refractivity (Wildman–Crippen MR) is 59.9 cm³/mol. The Balaban J connectivity index is 1.64. The molecule has 0 saturated carbocycles. The Labute approximate surface area is 92.5 Å². The highest BCUT2D eigenvalue weighted by atomic mass is 16.5. The number of rotatable bonds is 4. The molecular formula is C12H23NO2. The van der Waals surface area contributed by atoms with Gasteiger partial charge in [0.15, 0.2) is 0 Å². The molecule has 2 aliphatic rings. The molecule has 2 fully saturated rings. The van der Waals surface area contributed by atoms with E-state index in [-0.39, 0.29) is 0 Å². The fraction of sp³-hybridized carbons (Fsp3) is 1.00. The van der Waals surface area contributed by atoms with Crippen LogP contribution in [0.2, 0.25) is 0 Å². The van der Waals surface area contributed by atoms with E-state index in [2.05, 4.69) is 12.2 Å². The molecule has 0 bridgehead atoms. The Morgan fingerprint density at radius 2 is 1.87 bits per heavy atom. The fourth-order valence-corrected chi connectivity index (χ4v) is 2.48. The SMILES string of the molecule is CC(NCC1CCOC1)C1CCOCC1. The van der Waals surface area contributed by atoms with Crippen LogP contribution in [-0.2, 0) is 9.47 Å². The second-order valence-corrected chi connectivity index (χ2v) is 4.88. The minimum absolute atomic E-state index is 0.634. The van der Waals surface area contributed by atoms with E-state index in [0.29, 0.717) is 6.04 Å². The summed E-state index contributed by atoms with van der Waals surface area (Å²) in [6, 6.07) is 0.634. The zero-order valence-electron chi connectivity index (χ0n) is 9.71. The monoisotopic (exact) mass is 213 g/mol. The van der Waals surface area contributed by atoms with E-state index in [9.17, 15) is 0 Å². The topological polar surface area (TPSA) is 30.5 Å². The van der Waals surface area contributed by atoms with E-state index in [0.717, 1.165) is 44.8 Å². The highest BCUT2D eigenvalue weighted by Gasteiger charge is 2.22. The second-order valence-electron chi connectivity index (χ2n) is 4.88. The number of ether oxygens (including phenoxy) is 2. The summed E-state index contributed by atoms with van der Waals surface area (Å²) in [7, 11) is 0. The molecule has 0 aliphatic carbocycles. The molecule has 2 unspecified atom stereocenters. The lowest BCUT2D eigenvalue weighted by Crippen LogP contribution is -2.39. The fourth-order valence-electron chi connectivity index (χ4n) is 2.48. The first-order valence-electron chi connectivity index (χ1n) is 6.25. The van der Waals surface area contributed by atoms with Gasteiger partial charge in [0.25, 0.3) is 0 Å². The molecule has 0 amide bonds. The molecule has 0 spiro atoms. The average molecular weight is 213 g/mol. The van der Waals surface area contributed by atoms with E-state index in [4.69, 9.17) is 9.47 Å². The molecule has 0 aromatic rings. The first kappa shape index (κ1) is 11.4. The van der Waals surface area contributed by atoms with Gasteiger partial charge in [0.2, 0.25) is 0 Å². The van der Waals surface area contributed by atoms with Gasteiger partial charge in [-0.3, -0.25) is 0 Å². The lowest BCUT2D eigenvalue weighted by Gasteiger charge is -2.29. The Morgan fingerprint density at radius 3 is 2.53 bits per heavy atom. The van der Waals surface area contributed by atoms with Crippen molar-refractivity contribution in [1.29, 1.82) is 0 Å². The maximum Gasteiger partial charge on any atom is 0.0507 e. The summed E-state index contributed by atoms with van der Waals surface area (Å²) in [4.78, 5) is 0. The van der Waals surface area contributed by atoms with Crippen LogP contribution < -0.4 is 5.32 Å². The third kappa shape index (κ3) is 3.44. The number of nitrogens with one attached hydrogen (secondary N) is 1. The van der Waals surface area contributed by atoms with Crippen molar-refractivity contribution in [2.24, 2.45) is 11.8 Å². The standard InChI is InChI=1S/C12H23NO2/c1-10(12-3-6-14-7-4-12)13-8-11-2-5-15-9-11/h10-13H,2-9H2,1H3. The van der Waals surface area contributed by atoms with E-state index < -0.39 is 0 Å². The summed E-state index contributed by atoms with van der Waals surface area (Å²) in [5.41, 5.74) is 0. The Bertz CT molecular complexity index is 174.